The van der Waals surface area contributed by atoms with Crippen molar-refractivity contribution in [2.24, 2.45) is 0 Å². The second-order valence-electron chi connectivity index (χ2n) is 8.27. The zero-order chi connectivity index (χ0) is 23.3. The Labute approximate surface area is 191 Å². The van der Waals surface area contributed by atoms with E-state index in [1.807, 2.05) is 32.0 Å². The van der Waals surface area contributed by atoms with Crippen molar-refractivity contribution in [1.29, 1.82) is 0 Å². The molecule has 172 valence electrons. The molecule has 0 saturated heterocycles. The Balaban J connectivity index is 1.28. The van der Waals surface area contributed by atoms with Gasteiger partial charge in [0.1, 0.15) is 19.0 Å². The van der Waals surface area contributed by atoms with Crippen molar-refractivity contribution < 1.29 is 28.2 Å². The Kier molecular flexibility index (Phi) is 6.53. The van der Waals surface area contributed by atoms with Crippen LogP contribution in [0.2, 0.25) is 0 Å². The van der Waals surface area contributed by atoms with Crippen molar-refractivity contribution in [2.45, 2.75) is 19.3 Å². The van der Waals surface area contributed by atoms with Gasteiger partial charge in [-0.25, -0.2) is 0 Å². The third-order valence-corrected chi connectivity index (χ3v) is 5.26. The molecular formula is C25H26N2O6. The maximum atomic E-state index is 12.4. The third-order valence-electron chi connectivity index (χ3n) is 5.26. The number of carbonyl (C=O) groups excluding carboxylic acids is 2. The number of amides is 2. The number of fused-ring (bicyclic) bond motifs is 1. The number of nitrogens with one attached hydrogen (secondary N) is 2. The van der Waals surface area contributed by atoms with Gasteiger partial charge in [-0.1, -0.05) is 26.0 Å². The fourth-order valence-electron chi connectivity index (χ4n) is 3.35. The highest BCUT2D eigenvalue weighted by molar-refractivity contribution is 6.02. The van der Waals surface area contributed by atoms with Crippen LogP contribution >= 0.6 is 0 Å². The lowest BCUT2D eigenvalue weighted by molar-refractivity contribution is -0.123. The fraction of sp³-hybridized carbons (Fsp3) is 0.280. The average molecular weight is 450 g/mol. The van der Waals surface area contributed by atoms with Gasteiger partial charge in [-0.2, -0.15) is 0 Å². The number of carbonyl (C=O) groups is 2. The Bertz CT molecular complexity index is 1120. The van der Waals surface area contributed by atoms with Gasteiger partial charge < -0.3 is 29.3 Å². The van der Waals surface area contributed by atoms with Gasteiger partial charge in [-0.05, 0) is 42.0 Å². The topological polar surface area (TPSA) is 99.0 Å². The number of hydrogen-bond acceptors (Lipinski definition) is 6. The maximum Gasteiger partial charge on any atom is 0.291 e. The summed E-state index contributed by atoms with van der Waals surface area (Å²) in [4.78, 5) is 24.5. The lowest BCUT2D eigenvalue weighted by atomic mass is 9.84. The molecule has 0 saturated carbocycles. The van der Waals surface area contributed by atoms with Crippen molar-refractivity contribution >= 4 is 17.5 Å². The molecule has 1 aliphatic rings. The number of furan rings is 1. The van der Waals surface area contributed by atoms with Crippen LogP contribution in [0.5, 0.6) is 17.2 Å². The monoisotopic (exact) mass is 450 g/mol. The van der Waals surface area contributed by atoms with E-state index < -0.39 is 0 Å². The van der Waals surface area contributed by atoms with E-state index in [0.29, 0.717) is 31.2 Å². The summed E-state index contributed by atoms with van der Waals surface area (Å²) in [5.74, 6) is 1.53. The van der Waals surface area contributed by atoms with E-state index in [1.165, 1.54) is 6.26 Å². The average Bonchev–Trinajstić information content (AvgIpc) is 3.37. The Morgan fingerprint density at radius 1 is 1.00 bits per heavy atom. The van der Waals surface area contributed by atoms with E-state index in [-0.39, 0.29) is 29.6 Å². The number of anilines is 1. The van der Waals surface area contributed by atoms with E-state index in [4.69, 9.17) is 18.6 Å². The predicted octanol–water partition coefficient (Wildman–Crippen LogP) is 3.78. The van der Waals surface area contributed by atoms with Gasteiger partial charge in [0.15, 0.2) is 23.9 Å². The first-order chi connectivity index (χ1) is 15.9. The normalized spacial score (nSPS) is 12.7. The van der Waals surface area contributed by atoms with Crippen LogP contribution < -0.4 is 24.8 Å². The van der Waals surface area contributed by atoms with Crippen LogP contribution in [0, 0.1) is 0 Å². The van der Waals surface area contributed by atoms with Crippen LogP contribution in [0.1, 0.15) is 30.0 Å². The number of rotatable bonds is 8. The molecule has 8 nitrogen and oxygen atoms in total. The van der Waals surface area contributed by atoms with Gasteiger partial charge in [0.2, 0.25) is 0 Å². The summed E-state index contributed by atoms with van der Waals surface area (Å²) < 4.78 is 21.9. The molecule has 2 amide bonds. The predicted molar refractivity (Wildman–Crippen MR) is 122 cm³/mol. The fourth-order valence-corrected chi connectivity index (χ4v) is 3.35. The van der Waals surface area contributed by atoms with Crippen LogP contribution in [0.15, 0.2) is 65.3 Å². The van der Waals surface area contributed by atoms with E-state index in [1.54, 1.807) is 36.4 Å². The molecule has 0 aliphatic carbocycles. The quantitative estimate of drug-likeness (QED) is 0.542. The molecule has 3 aromatic rings. The SMILES string of the molecule is CC(C)(CNC(=O)COc1cccc(NC(=O)c2ccco2)c1)c1ccc2c(c1)OCCO2. The number of ether oxygens (including phenoxy) is 3. The summed E-state index contributed by atoms with van der Waals surface area (Å²) in [6.07, 6.45) is 1.43. The summed E-state index contributed by atoms with van der Waals surface area (Å²) in [6.45, 7) is 5.44. The maximum absolute atomic E-state index is 12.4. The molecular weight excluding hydrogens is 424 g/mol. The second-order valence-corrected chi connectivity index (χ2v) is 8.27. The van der Waals surface area contributed by atoms with Crippen LogP contribution in [-0.4, -0.2) is 38.2 Å². The minimum Gasteiger partial charge on any atom is -0.486 e. The summed E-state index contributed by atoms with van der Waals surface area (Å²) in [7, 11) is 0. The summed E-state index contributed by atoms with van der Waals surface area (Å²) >= 11 is 0. The van der Waals surface area contributed by atoms with Crippen LogP contribution in [0.4, 0.5) is 5.69 Å². The van der Waals surface area contributed by atoms with Crippen LogP contribution in [-0.2, 0) is 10.2 Å². The van der Waals surface area contributed by atoms with E-state index in [2.05, 4.69) is 10.6 Å². The lowest BCUT2D eigenvalue weighted by Gasteiger charge is -2.27. The first kappa shape index (κ1) is 22.3. The second kappa shape index (κ2) is 9.68. The molecule has 33 heavy (non-hydrogen) atoms. The molecule has 2 heterocycles. The third kappa shape index (κ3) is 5.65. The Morgan fingerprint density at radius 2 is 1.82 bits per heavy atom. The first-order valence-corrected chi connectivity index (χ1v) is 10.7. The molecule has 2 aromatic carbocycles. The van der Waals surface area contributed by atoms with Gasteiger partial charge in [0.25, 0.3) is 11.8 Å². The Hall–Kier alpha value is -3.94. The standard InChI is InChI=1S/C25H26N2O6/c1-25(2,17-8-9-20-22(13-17)32-12-11-31-20)16-26-23(28)15-33-19-6-3-5-18(14-19)27-24(29)21-7-4-10-30-21/h3-10,13-14H,11-12,15-16H2,1-2H3,(H,26,28)(H,27,29). The van der Waals surface area contributed by atoms with Gasteiger partial charge in [0.05, 0.1) is 6.26 Å². The molecule has 1 aromatic heterocycles. The van der Waals surface area contributed by atoms with Crippen molar-refractivity contribution in [3.63, 3.8) is 0 Å². The molecule has 8 heteroatoms. The van der Waals surface area contributed by atoms with Gasteiger partial charge in [-0.15, -0.1) is 0 Å². The van der Waals surface area contributed by atoms with Gasteiger partial charge in [-0.3, -0.25) is 9.59 Å². The highest BCUT2D eigenvalue weighted by Crippen LogP contribution is 2.34. The first-order valence-electron chi connectivity index (χ1n) is 10.7. The molecule has 0 spiro atoms. The van der Waals surface area contributed by atoms with Crippen LogP contribution in [0.3, 0.4) is 0 Å². The lowest BCUT2D eigenvalue weighted by Crippen LogP contribution is -2.39. The molecule has 0 atom stereocenters. The zero-order valence-corrected chi connectivity index (χ0v) is 18.6. The summed E-state index contributed by atoms with van der Waals surface area (Å²) in [5, 5.41) is 5.64. The van der Waals surface area contributed by atoms with Crippen molar-refractivity contribution in [3.05, 3.63) is 72.2 Å². The minimum atomic E-state index is -0.365. The van der Waals surface area contributed by atoms with Crippen molar-refractivity contribution in [1.82, 2.24) is 5.32 Å². The van der Waals surface area contributed by atoms with E-state index >= 15 is 0 Å². The van der Waals surface area contributed by atoms with E-state index in [9.17, 15) is 9.59 Å². The van der Waals surface area contributed by atoms with E-state index in [0.717, 1.165) is 17.1 Å². The molecule has 4 rings (SSSR count). The molecule has 0 radical (unpaired) electrons. The van der Waals surface area contributed by atoms with Gasteiger partial charge in [0, 0.05) is 23.7 Å². The van der Waals surface area contributed by atoms with Crippen molar-refractivity contribution in [2.75, 3.05) is 31.7 Å². The Morgan fingerprint density at radius 3 is 2.61 bits per heavy atom. The summed E-state index contributed by atoms with van der Waals surface area (Å²) in [6, 6.07) is 15.9. The van der Waals surface area contributed by atoms with Crippen LogP contribution in [0.25, 0.3) is 0 Å². The zero-order valence-electron chi connectivity index (χ0n) is 18.6. The molecule has 1 aliphatic heterocycles. The summed E-state index contributed by atoms with van der Waals surface area (Å²) in [5.41, 5.74) is 1.25. The highest BCUT2D eigenvalue weighted by atomic mass is 16.6. The molecule has 0 fully saturated rings. The van der Waals surface area contributed by atoms with Gasteiger partial charge >= 0.3 is 0 Å². The highest BCUT2D eigenvalue weighted by Gasteiger charge is 2.24. The number of hydrogen-bond donors (Lipinski definition) is 2. The largest absolute Gasteiger partial charge is 0.486 e. The molecule has 0 unspecified atom stereocenters. The molecule has 2 N–H and O–H groups in total. The smallest absolute Gasteiger partial charge is 0.291 e. The minimum absolute atomic E-state index is 0.146. The van der Waals surface area contributed by atoms with Crippen molar-refractivity contribution in [3.8, 4) is 17.2 Å². The molecule has 0 bridgehead atoms. The number of benzene rings is 2.